The van der Waals surface area contributed by atoms with Crippen molar-refractivity contribution < 1.29 is 14.3 Å². The van der Waals surface area contributed by atoms with Crippen molar-refractivity contribution in [2.45, 2.75) is 0 Å². The van der Waals surface area contributed by atoms with Crippen molar-refractivity contribution in [3.05, 3.63) is 30.3 Å². The molecule has 1 amide bonds. The lowest BCUT2D eigenvalue weighted by Crippen LogP contribution is -2.17. The molecular weight excluding hydrogens is 170 g/mol. The Balaban J connectivity index is 2.41. The molecule has 0 heterocycles. The first kappa shape index (κ1) is 9.25. The second kappa shape index (κ2) is 4.92. The average molecular weight is 179 g/mol. The van der Waals surface area contributed by atoms with Gasteiger partial charge in [-0.15, -0.1) is 0 Å². The normalized spacial score (nSPS) is 8.92. The highest BCUT2D eigenvalue weighted by atomic mass is 16.5. The summed E-state index contributed by atoms with van der Waals surface area (Å²) in [5, 5.41) is 2.55. The molecule has 0 saturated carbocycles. The first-order valence-electron chi connectivity index (χ1n) is 3.73. The van der Waals surface area contributed by atoms with Gasteiger partial charge in [0.1, 0.15) is 0 Å². The molecule has 1 rings (SSSR count). The molecule has 0 bridgehead atoms. The van der Waals surface area contributed by atoms with Crippen molar-refractivity contribution in [3.8, 4) is 0 Å². The van der Waals surface area contributed by atoms with Gasteiger partial charge in [-0.3, -0.25) is 9.59 Å². The third kappa shape index (κ3) is 3.37. The van der Waals surface area contributed by atoms with Crippen LogP contribution in [0.15, 0.2) is 30.3 Å². The summed E-state index contributed by atoms with van der Waals surface area (Å²) in [6, 6.07) is 8.95. The first-order valence-corrected chi connectivity index (χ1v) is 3.73. The highest BCUT2D eigenvalue weighted by molar-refractivity contribution is 5.92. The van der Waals surface area contributed by atoms with Crippen LogP contribution in [0.2, 0.25) is 0 Å². The van der Waals surface area contributed by atoms with Gasteiger partial charge in [-0.2, -0.15) is 0 Å². The summed E-state index contributed by atoms with van der Waals surface area (Å²) in [7, 11) is 0. The Bertz CT molecular complexity index is 284. The van der Waals surface area contributed by atoms with Gasteiger partial charge in [0.2, 0.25) is 0 Å². The van der Waals surface area contributed by atoms with Crippen molar-refractivity contribution in [1.29, 1.82) is 0 Å². The topological polar surface area (TPSA) is 55.4 Å². The maximum Gasteiger partial charge on any atom is 0.293 e. The number of ether oxygens (including phenoxy) is 1. The summed E-state index contributed by atoms with van der Waals surface area (Å²) in [6.07, 6.45) is 0. The molecule has 0 unspecified atom stereocenters. The Hall–Kier alpha value is -1.84. The van der Waals surface area contributed by atoms with Crippen molar-refractivity contribution in [2.75, 3.05) is 11.9 Å². The summed E-state index contributed by atoms with van der Waals surface area (Å²) in [5.41, 5.74) is 0.682. The van der Waals surface area contributed by atoms with Crippen LogP contribution in [0.1, 0.15) is 0 Å². The summed E-state index contributed by atoms with van der Waals surface area (Å²) in [5.74, 6) is -0.349. The molecule has 0 fully saturated rings. The lowest BCUT2D eigenvalue weighted by molar-refractivity contribution is -0.135. The van der Waals surface area contributed by atoms with E-state index >= 15 is 0 Å². The largest absolute Gasteiger partial charge is 0.458 e. The number of amides is 1. The molecule has 1 N–H and O–H groups in total. The van der Waals surface area contributed by atoms with E-state index in [9.17, 15) is 9.59 Å². The van der Waals surface area contributed by atoms with Crippen LogP contribution in [0.5, 0.6) is 0 Å². The molecule has 0 aliphatic carbocycles. The molecule has 1 aromatic carbocycles. The summed E-state index contributed by atoms with van der Waals surface area (Å²) in [6.45, 7) is -0.0109. The predicted molar refractivity (Wildman–Crippen MR) is 47.1 cm³/mol. The summed E-state index contributed by atoms with van der Waals surface area (Å²) in [4.78, 5) is 20.7. The van der Waals surface area contributed by atoms with Crippen LogP contribution in [-0.2, 0) is 14.3 Å². The Kier molecular flexibility index (Phi) is 3.50. The molecule has 0 spiro atoms. The molecule has 0 aromatic heterocycles. The van der Waals surface area contributed by atoms with E-state index in [1.54, 1.807) is 24.3 Å². The van der Waals surface area contributed by atoms with Gasteiger partial charge >= 0.3 is 0 Å². The molecule has 4 heteroatoms. The van der Waals surface area contributed by atoms with Crippen molar-refractivity contribution >= 4 is 18.1 Å². The van der Waals surface area contributed by atoms with Crippen LogP contribution in [-0.4, -0.2) is 19.0 Å². The number of nitrogens with one attached hydrogen (secondary N) is 1. The van der Waals surface area contributed by atoms with Crippen molar-refractivity contribution in [3.63, 3.8) is 0 Å². The van der Waals surface area contributed by atoms with Gasteiger partial charge in [-0.05, 0) is 12.1 Å². The highest BCUT2D eigenvalue weighted by Gasteiger charge is 2.00. The van der Waals surface area contributed by atoms with Gasteiger partial charge in [0.05, 0.1) is 0 Å². The molecule has 4 nitrogen and oxygen atoms in total. The Morgan fingerprint density at radius 2 is 2.08 bits per heavy atom. The molecule has 0 atom stereocenters. The number of carbonyl (C=O) groups is 2. The smallest absolute Gasteiger partial charge is 0.293 e. The quantitative estimate of drug-likeness (QED) is 0.695. The van der Waals surface area contributed by atoms with E-state index in [4.69, 9.17) is 0 Å². The number of para-hydroxylation sites is 1. The second-order valence-corrected chi connectivity index (χ2v) is 2.32. The fraction of sp³-hybridized carbons (Fsp3) is 0.111. The molecular formula is C9H9NO3. The van der Waals surface area contributed by atoms with Crippen LogP contribution in [0.3, 0.4) is 0 Å². The minimum absolute atomic E-state index is 0.241. The van der Waals surface area contributed by atoms with Gasteiger partial charge in [0.15, 0.2) is 6.61 Å². The fourth-order valence-electron chi connectivity index (χ4n) is 0.828. The van der Waals surface area contributed by atoms with E-state index < -0.39 is 0 Å². The second-order valence-electron chi connectivity index (χ2n) is 2.32. The standard InChI is InChI=1S/C9H9NO3/c11-7-13-6-9(12)10-8-4-2-1-3-5-8/h1-5,7H,6H2,(H,10,12). The number of carbonyl (C=O) groups excluding carboxylic acids is 2. The van der Waals surface area contributed by atoms with Crippen LogP contribution in [0, 0.1) is 0 Å². The lowest BCUT2D eigenvalue weighted by atomic mass is 10.3. The van der Waals surface area contributed by atoms with Crippen LogP contribution < -0.4 is 5.32 Å². The molecule has 68 valence electrons. The van der Waals surface area contributed by atoms with Gasteiger partial charge in [-0.25, -0.2) is 0 Å². The SMILES string of the molecule is O=COCC(=O)Nc1ccccc1. The number of hydrogen-bond donors (Lipinski definition) is 1. The number of hydrogen-bond acceptors (Lipinski definition) is 3. The first-order chi connectivity index (χ1) is 6.33. The minimum Gasteiger partial charge on any atom is -0.458 e. The number of anilines is 1. The monoisotopic (exact) mass is 179 g/mol. The maximum atomic E-state index is 11.0. The van der Waals surface area contributed by atoms with E-state index in [2.05, 4.69) is 10.1 Å². The predicted octanol–water partition coefficient (Wildman–Crippen LogP) is 0.798. The summed E-state index contributed by atoms with van der Waals surface area (Å²) < 4.78 is 4.27. The Morgan fingerprint density at radius 3 is 2.69 bits per heavy atom. The van der Waals surface area contributed by atoms with Gasteiger partial charge < -0.3 is 10.1 Å². The molecule has 1 aromatic rings. The molecule has 0 aliphatic heterocycles. The third-order valence-corrected chi connectivity index (χ3v) is 1.34. The van der Waals surface area contributed by atoms with E-state index in [0.717, 1.165) is 0 Å². The van der Waals surface area contributed by atoms with Crippen molar-refractivity contribution in [1.82, 2.24) is 0 Å². The fourth-order valence-corrected chi connectivity index (χ4v) is 0.828. The minimum atomic E-state index is -0.349. The lowest BCUT2D eigenvalue weighted by Gasteiger charge is -2.02. The average Bonchev–Trinajstić information content (AvgIpc) is 2.16. The van der Waals surface area contributed by atoms with E-state index in [1.165, 1.54) is 0 Å². The van der Waals surface area contributed by atoms with Crippen LogP contribution in [0.25, 0.3) is 0 Å². The zero-order valence-corrected chi connectivity index (χ0v) is 6.90. The van der Waals surface area contributed by atoms with Crippen molar-refractivity contribution in [2.24, 2.45) is 0 Å². The van der Waals surface area contributed by atoms with Gasteiger partial charge in [0.25, 0.3) is 12.4 Å². The number of rotatable bonds is 4. The molecule has 0 saturated heterocycles. The van der Waals surface area contributed by atoms with Crippen LogP contribution in [0.4, 0.5) is 5.69 Å². The third-order valence-electron chi connectivity index (χ3n) is 1.34. The molecule has 0 radical (unpaired) electrons. The zero-order valence-electron chi connectivity index (χ0n) is 6.90. The Morgan fingerprint density at radius 1 is 1.38 bits per heavy atom. The molecule has 13 heavy (non-hydrogen) atoms. The summed E-state index contributed by atoms with van der Waals surface area (Å²) >= 11 is 0. The number of benzene rings is 1. The molecule has 0 aliphatic rings. The van der Waals surface area contributed by atoms with Crippen LogP contribution >= 0.6 is 0 Å². The zero-order chi connectivity index (χ0) is 9.52. The van der Waals surface area contributed by atoms with E-state index in [0.29, 0.717) is 5.69 Å². The Labute approximate surface area is 75.5 Å². The van der Waals surface area contributed by atoms with E-state index in [1.807, 2.05) is 6.07 Å². The van der Waals surface area contributed by atoms with Gasteiger partial charge in [-0.1, -0.05) is 18.2 Å². The maximum absolute atomic E-state index is 11.0. The highest BCUT2D eigenvalue weighted by Crippen LogP contribution is 2.03. The van der Waals surface area contributed by atoms with E-state index in [-0.39, 0.29) is 19.0 Å². The van der Waals surface area contributed by atoms with Gasteiger partial charge in [0, 0.05) is 5.69 Å².